The number of urea groups is 1. The number of aliphatic hydroxyl groups excluding tert-OH is 1. The fourth-order valence-corrected chi connectivity index (χ4v) is 3.28. The zero-order valence-electron chi connectivity index (χ0n) is 19.1. The van der Waals surface area contributed by atoms with E-state index < -0.39 is 0 Å². The average molecular weight is 429 g/mol. The van der Waals surface area contributed by atoms with Gasteiger partial charge in [-0.2, -0.15) is 0 Å². The third kappa shape index (κ3) is 7.79. The summed E-state index contributed by atoms with van der Waals surface area (Å²) in [6.07, 6.45) is 2.52. The molecule has 0 aliphatic heterocycles. The highest BCUT2D eigenvalue weighted by Gasteiger charge is 2.20. The van der Waals surface area contributed by atoms with E-state index in [1.54, 1.807) is 12.0 Å². The van der Waals surface area contributed by atoms with Gasteiger partial charge in [0.15, 0.2) is 11.5 Å². The van der Waals surface area contributed by atoms with Crippen LogP contribution in [0.5, 0.6) is 11.5 Å². The summed E-state index contributed by atoms with van der Waals surface area (Å²) in [5.41, 5.74) is 1.73. The lowest BCUT2D eigenvalue weighted by molar-refractivity contribution is 0.241. The second kappa shape index (κ2) is 12.8. The van der Waals surface area contributed by atoms with Gasteiger partial charge in [-0.1, -0.05) is 44.2 Å². The number of nitrogens with zero attached hydrogens (tertiary/aromatic N) is 1. The Morgan fingerprint density at radius 3 is 2.45 bits per heavy atom. The number of carbonyl (C=O) groups is 1. The number of amides is 2. The minimum absolute atomic E-state index is 0.00668. The molecule has 0 aliphatic rings. The summed E-state index contributed by atoms with van der Waals surface area (Å²) < 4.78 is 11.4. The van der Waals surface area contributed by atoms with Gasteiger partial charge in [0.1, 0.15) is 0 Å². The zero-order valence-corrected chi connectivity index (χ0v) is 19.1. The van der Waals surface area contributed by atoms with Crippen LogP contribution in [0.15, 0.2) is 48.5 Å². The van der Waals surface area contributed by atoms with Crippen molar-refractivity contribution in [3.05, 3.63) is 54.1 Å². The molecular formula is C25H36N2O4. The average Bonchev–Trinajstić information content (AvgIpc) is 2.77. The lowest BCUT2D eigenvalue weighted by atomic mass is 10.1. The Morgan fingerprint density at radius 1 is 1.06 bits per heavy atom. The molecule has 2 aromatic carbocycles. The topological polar surface area (TPSA) is 71.0 Å². The number of rotatable bonds is 12. The lowest BCUT2D eigenvalue weighted by Gasteiger charge is -2.26. The minimum Gasteiger partial charge on any atom is -0.493 e. The first kappa shape index (κ1) is 24.5. The quantitative estimate of drug-likeness (QED) is 0.458. The number of anilines is 1. The van der Waals surface area contributed by atoms with Crippen LogP contribution in [0.3, 0.4) is 0 Å². The van der Waals surface area contributed by atoms with Crippen LogP contribution >= 0.6 is 0 Å². The lowest BCUT2D eigenvalue weighted by Crippen LogP contribution is -2.42. The third-order valence-electron chi connectivity index (χ3n) is 5.07. The molecule has 0 bridgehead atoms. The molecule has 31 heavy (non-hydrogen) atoms. The van der Waals surface area contributed by atoms with E-state index in [-0.39, 0.29) is 18.7 Å². The second-order valence-electron chi connectivity index (χ2n) is 8.03. The van der Waals surface area contributed by atoms with Crippen molar-refractivity contribution >= 4 is 11.7 Å². The highest BCUT2D eigenvalue weighted by Crippen LogP contribution is 2.32. The summed E-state index contributed by atoms with van der Waals surface area (Å²) in [4.78, 5) is 14.7. The van der Waals surface area contributed by atoms with E-state index in [0.717, 1.165) is 18.4 Å². The van der Waals surface area contributed by atoms with Crippen LogP contribution in [0.4, 0.5) is 10.5 Å². The van der Waals surface area contributed by atoms with E-state index in [2.05, 4.69) is 19.2 Å². The Kier molecular flexibility index (Phi) is 10.2. The molecule has 0 unspecified atom stereocenters. The molecule has 0 spiro atoms. The van der Waals surface area contributed by atoms with Crippen molar-refractivity contribution in [1.29, 1.82) is 0 Å². The number of hydrogen-bond donors (Lipinski definition) is 2. The molecule has 0 aliphatic carbocycles. The predicted molar refractivity (Wildman–Crippen MR) is 125 cm³/mol. The second-order valence-corrected chi connectivity index (χ2v) is 8.03. The molecule has 0 radical (unpaired) electrons. The van der Waals surface area contributed by atoms with E-state index in [1.165, 1.54) is 0 Å². The Hall–Kier alpha value is -2.73. The fourth-order valence-electron chi connectivity index (χ4n) is 3.28. The number of ether oxygens (including phenoxy) is 2. The normalized spacial score (nSPS) is 11.8. The maximum absolute atomic E-state index is 13.1. The van der Waals surface area contributed by atoms with Gasteiger partial charge in [0.05, 0.1) is 19.8 Å². The van der Waals surface area contributed by atoms with Crippen molar-refractivity contribution in [2.24, 2.45) is 5.92 Å². The predicted octanol–water partition coefficient (Wildman–Crippen LogP) is 5.17. The Morgan fingerprint density at radius 2 is 1.81 bits per heavy atom. The number of methoxy groups -OCH3 is 1. The van der Waals surface area contributed by atoms with Crippen molar-refractivity contribution in [2.75, 3.05) is 31.8 Å². The van der Waals surface area contributed by atoms with Crippen LogP contribution in [0.1, 0.15) is 51.6 Å². The third-order valence-corrected chi connectivity index (χ3v) is 5.07. The summed E-state index contributed by atoms with van der Waals surface area (Å²) >= 11 is 0. The van der Waals surface area contributed by atoms with Crippen LogP contribution in [0, 0.1) is 5.92 Å². The van der Waals surface area contributed by atoms with Gasteiger partial charge >= 0.3 is 6.03 Å². The van der Waals surface area contributed by atoms with E-state index in [9.17, 15) is 9.90 Å². The Labute approximate surface area is 186 Å². The molecule has 2 amide bonds. The molecule has 2 rings (SSSR count). The van der Waals surface area contributed by atoms with Crippen molar-refractivity contribution < 1.29 is 19.4 Å². The molecule has 0 fully saturated rings. The van der Waals surface area contributed by atoms with Gasteiger partial charge in [0.2, 0.25) is 0 Å². The first-order chi connectivity index (χ1) is 15.0. The summed E-state index contributed by atoms with van der Waals surface area (Å²) in [5.74, 6) is 1.87. The zero-order chi connectivity index (χ0) is 22.6. The first-order valence-corrected chi connectivity index (χ1v) is 11.0. The molecule has 0 aromatic heterocycles. The van der Waals surface area contributed by atoms with Gasteiger partial charge in [0, 0.05) is 24.9 Å². The molecule has 2 N–H and O–H groups in total. The molecule has 6 nitrogen and oxygen atoms in total. The number of hydrogen-bond acceptors (Lipinski definition) is 4. The molecule has 0 saturated carbocycles. The largest absolute Gasteiger partial charge is 0.493 e. The van der Waals surface area contributed by atoms with Crippen molar-refractivity contribution in [3.63, 3.8) is 0 Å². The maximum Gasteiger partial charge on any atom is 0.322 e. The van der Waals surface area contributed by atoms with Gasteiger partial charge in [-0.05, 0) is 49.8 Å². The van der Waals surface area contributed by atoms with Gasteiger partial charge in [-0.15, -0.1) is 0 Å². The van der Waals surface area contributed by atoms with Gasteiger partial charge in [-0.25, -0.2) is 4.79 Å². The Bertz CT molecular complexity index is 795. The molecule has 1 atom stereocenters. The van der Waals surface area contributed by atoms with Crippen molar-refractivity contribution in [1.82, 2.24) is 5.32 Å². The van der Waals surface area contributed by atoms with Gasteiger partial charge in [-0.3, -0.25) is 4.90 Å². The Balaban J connectivity index is 2.17. The van der Waals surface area contributed by atoms with E-state index in [4.69, 9.17) is 9.47 Å². The van der Waals surface area contributed by atoms with Crippen molar-refractivity contribution in [3.8, 4) is 11.5 Å². The number of nitrogens with one attached hydrogen (secondary N) is 1. The van der Waals surface area contributed by atoms with Crippen molar-refractivity contribution in [2.45, 2.75) is 46.1 Å². The molecular weight excluding hydrogens is 392 g/mol. The summed E-state index contributed by atoms with van der Waals surface area (Å²) in [6, 6.07) is 14.9. The van der Waals surface area contributed by atoms with Crippen LogP contribution in [-0.2, 0) is 0 Å². The standard InChI is InChI=1S/C25H36N2O4/c1-19(2)10-8-17-31-24-18-22(13-14-23(24)30-4)27(15-9-16-28)25(29)26-20(3)21-11-6-5-7-12-21/h5-7,11-14,18-20,28H,8-10,15-17H2,1-4H3,(H,26,29)/t20-/m0/s1. The van der Waals surface area contributed by atoms with Crippen LogP contribution < -0.4 is 19.7 Å². The SMILES string of the molecule is COc1ccc(N(CCCO)C(=O)N[C@@H](C)c2ccccc2)cc1OCCCC(C)C. The summed E-state index contributed by atoms with van der Waals surface area (Å²) in [6.45, 7) is 7.32. The highest BCUT2D eigenvalue weighted by atomic mass is 16.5. The molecule has 2 aromatic rings. The van der Waals surface area contributed by atoms with Crippen LogP contribution in [0.2, 0.25) is 0 Å². The number of carbonyl (C=O) groups excluding carboxylic acids is 1. The molecule has 0 heterocycles. The molecule has 0 saturated heterocycles. The van der Waals surface area contributed by atoms with Gasteiger partial charge in [0.25, 0.3) is 0 Å². The number of benzene rings is 2. The monoisotopic (exact) mass is 428 g/mol. The molecule has 170 valence electrons. The van der Waals surface area contributed by atoms with E-state index >= 15 is 0 Å². The van der Waals surface area contributed by atoms with E-state index in [1.807, 2.05) is 55.5 Å². The maximum atomic E-state index is 13.1. The smallest absolute Gasteiger partial charge is 0.322 e. The highest BCUT2D eigenvalue weighted by molar-refractivity contribution is 5.92. The van der Waals surface area contributed by atoms with Crippen LogP contribution in [-0.4, -0.2) is 38.0 Å². The van der Waals surface area contributed by atoms with E-state index in [0.29, 0.717) is 42.7 Å². The summed E-state index contributed by atoms with van der Waals surface area (Å²) in [5, 5.41) is 12.4. The summed E-state index contributed by atoms with van der Waals surface area (Å²) in [7, 11) is 1.60. The number of aliphatic hydroxyl groups is 1. The fraction of sp³-hybridized carbons (Fsp3) is 0.480. The molecule has 6 heteroatoms. The minimum atomic E-state index is -0.222. The first-order valence-electron chi connectivity index (χ1n) is 11.0. The van der Waals surface area contributed by atoms with Crippen LogP contribution in [0.25, 0.3) is 0 Å². The van der Waals surface area contributed by atoms with Gasteiger partial charge < -0.3 is 19.9 Å².